The van der Waals surface area contributed by atoms with E-state index in [0.29, 0.717) is 17.2 Å². The van der Waals surface area contributed by atoms with Crippen LogP contribution < -0.4 is 10.1 Å². The van der Waals surface area contributed by atoms with Crippen molar-refractivity contribution < 1.29 is 9.53 Å². The van der Waals surface area contributed by atoms with Crippen LogP contribution in [0.2, 0.25) is 5.02 Å². The molecule has 1 amide bonds. The second kappa shape index (κ2) is 10.8. The maximum absolute atomic E-state index is 12.5. The molecule has 0 bridgehead atoms. The predicted octanol–water partition coefficient (Wildman–Crippen LogP) is 6.41. The van der Waals surface area contributed by atoms with Gasteiger partial charge in [0.15, 0.2) is 0 Å². The quantitative estimate of drug-likeness (QED) is 0.445. The van der Waals surface area contributed by atoms with Crippen LogP contribution in [0.25, 0.3) is 17.2 Å². The summed E-state index contributed by atoms with van der Waals surface area (Å²) in [7, 11) is 1.66. The van der Waals surface area contributed by atoms with Crippen molar-refractivity contribution >= 4 is 23.6 Å². The summed E-state index contributed by atoms with van der Waals surface area (Å²) in [6.07, 6.45) is 4.54. The zero-order valence-corrected chi connectivity index (χ0v) is 18.9. The van der Waals surface area contributed by atoms with E-state index >= 15 is 0 Å². The van der Waals surface area contributed by atoms with Gasteiger partial charge in [0.1, 0.15) is 5.75 Å². The van der Waals surface area contributed by atoms with Gasteiger partial charge in [-0.2, -0.15) is 0 Å². The van der Waals surface area contributed by atoms with E-state index in [1.165, 1.54) is 5.56 Å². The standard InChI is InChI=1S/C27H28ClNO2/c1-19(2)31-26-16-12-21(18-25(26)28)11-15-24(27(30)29-3)17-20-9-13-23(14-10-20)22-7-5-4-6-8-22/h4-16,18-19,24H,17H2,1-3H3,(H,29,30)/b15-11+/t24-/m1/s1. The maximum Gasteiger partial charge on any atom is 0.227 e. The first-order valence-corrected chi connectivity index (χ1v) is 10.8. The zero-order chi connectivity index (χ0) is 22.2. The SMILES string of the molecule is CNC(=O)[C@H](/C=C/c1ccc(OC(C)C)c(Cl)c1)Cc1ccc(-c2ccccc2)cc1. The Labute approximate surface area is 189 Å². The summed E-state index contributed by atoms with van der Waals surface area (Å²) in [4.78, 5) is 12.5. The van der Waals surface area contributed by atoms with Gasteiger partial charge in [-0.3, -0.25) is 4.79 Å². The Kier molecular flexibility index (Phi) is 7.91. The van der Waals surface area contributed by atoms with Crippen LogP contribution in [0.15, 0.2) is 78.9 Å². The minimum atomic E-state index is -0.280. The van der Waals surface area contributed by atoms with Gasteiger partial charge in [0.05, 0.1) is 17.0 Å². The molecule has 0 unspecified atom stereocenters. The van der Waals surface area contributed by atoms with Crippen molar-refractivity contribution in [3.63, 3.8) is 0 Å². The number of hydrogen-bond donors (Lipinski definition) is 1. The Morgan fingerprint density at radius 2 is 1.68 bits per heavy atom. The minimum Gasteiger partial charge on any atom is -0.489 e. The van der Waals surface area contributed by atoms with Crippen molar-refractivity contribution in [1.82, 2.24) is 5.32 Å². The molecule has 0 saturated heterocycles. The second-order valence-electron chi connectivity index (χ2n) is 7.70. The summed E-state index contributed by atoms with van der Waals surface area (Å²) in [5.41, 5.74) is 4.37. The minimum absolute atomic E-state index is 0.0192. The van der Waals surface area contributed by atoms with E-state index in [2.05, 4.69) is 41.7 Å². The predicted molar refractivity (Wildman–Crippen MR) is 129 cm³/mol. The lowest BCUT2D eigenvalue weighted by Gasteiger charge is -2.13. The number of nitrogens with one attached hydrogen (secondary N) is 1. The van der Waals surface area contributed by atoms with Crippen LogP contribution in [0.5, 0.6) is 5.75 Å². The van der Waals surface area contributed by atoms with Gasteiger partial charge in [-0.1, -0.05) is 84.4 Å². The number of carbonyl (C=O) groups excluding carboxylic acids is 1. The van der Waals surface area contributed by atoms with E-state index in [1.54, 1.807) is 7.05 Å². The number of hydrogen-bond acceptors (Lipinski definition) is 2. The average molecular weight is 434 g/mol. The molecule has 0 aliphatic heterocycles. The van der Waals surface area contributed by atoms with Crippen LogP contribution in [0.3, 0.4) is 0 Å². The summed E-state index contributed by atoms with van der Waals surface area (Å²) >= 11 is 6.34. The van der Waals surface area contributed by atoms with Gasteiger partial charge in [-0.05, 0) is 54.7 Å². The number of rotatable bonds is 8. The molecule has 31 heavy (non-hydrogen) atoms. The second-order valence-corrected chi connectivity index (χ2v) is 8.11. The van der Waals surface area contributed by atoms with Crippen molar-refractivity contribution in [2.24, 2.45) is 5.92 Å². The summed E-state index contributed by atoms with van der Waals surface area (Å²) < 4.78 is 5.68. The molecule has 0 heterocycles. The average Bonchev–Trinajstić information content (AvgIpc) is 2.78. The fourth-order valence-corrected chi connectivity index (χ4v) is 3.58. The lowest BCUT2D eigenvalue weighted by atomic mass is 9.95. The van der Waals surface area contributed by atoms with Gasteiger partial charge in [-0.15, -0.1) is 0 Å². The topological polar surface area (TPSA) is 38.3 Å². The monoisotopic (exact) mass is 433 g/mol. The number of ether oxygens (including phenoxy) is 1. The third-order valence-electron chi connectivity index (χ3n) is 4.94. The van der Waals surface area contributed by atoms with Crippen LogP contribution in [-0.4, -0.2) is 19.1 Å². The molecule has 0 saturated carbocycles. The van der Waals surface area contributed by atoms with Gasteiger partial charge in [-0.25, -0.2) is 0 Å². The third-order valence-corrected chi connectivity index (χ3v) is 5.23. The van der Waals surface area contributed by atoms with E-state index in [9.17, 15) is 4.79 Å². The third kappa shape index (κ3) is 6.47. The molecule has 3 nitrogen and oxygen atoms in total. The van der Waals surface area contributed by atoms with Crippen LogP contribution in [-0.2, 0) is 11.2 Å². The van der Waals surface area contributed by atoms with Gasteiger partial charge >= 0.3 is 0 Å². The van der Waals surface area contributed by atoms with Gasteiger partial charge in [0.25, 0.3) is 0 Å². The van der Waals surface area contributed by atoms with Crippen LogP contribution in [0.1, 0.15) is 25.0 Å². The summed E-state index contributed by atoms with van der Waals surface area (Å²) in [5, 5.41) is 3.32. The first kappa shape index (κ1) is 22.6. The molecule has 0 radical (unpaired) electrons. The van der Waals surface area contributed by atoms with Crippen LogP contribution in [0, 0.1) is 5.92 Å². The lowest BCUT2D eigenvalue weighted by Crippen LogP contribution is -2.27. The van der Waals surface area contributed by atoms with Gasteiger partial charge in [0.2, 0.25) is 5.91 Å². The Morgan fingerprint density at radius 1 is 1.00 bits per heavy atom. The summed E-state index contributed by atoms with van der Waals surface area (Å²) in [6.45, 7) is 3.93. The Bertz CT molecular complexity index is 1030. The fourth-order valence-electron chi connectivity index (χ4n) is 3.35. The number of carbonyl (C=O) groups is 1. The first-order chi connectivity index (χ1) is 15.0. The van der Waals surface area contributed by atoms with E-state index in [-0.39, 0.29) is 17.9 Å². The highest BCUT2D eigenvalue weighted by atomic mass is 35.5. The molecule has 1 atom stereocenters. The number of halogens is 1. The molecule has 0 aliphatic carbocycles. The molecule has 3 aromatic carbocycles. The van der Waals surface area contributed by atoms with Gasteiger partial charge in [0, 0.05) is 7.05 Å². The van der Waals surface area contributed by atoms with Crippen molar-refractivity contribution in [3.8, 4) is 16.9 Å². The van der Waals surface area contributed by atoms with Crippen molar-refractivity contribution in [2.75, 3.05) is 7.05 Å². The molecular formula is C27H28ClNO2. The smallest absolute Gasteiger partial charge is 0.227 e. The van der Waals surface area contributed by atoms with E-state index in [4.69, 9.17) is 16.3 Å². The number of amides is 1. The fraction of sp³-hybridized carbons (Fsp3) is 0.222. The Hall–Kier alpha value is -3.04. The first-order valence-electron chi connectivity index (χ1n) is 10.5. The van der Waals surface area contributed by atoms with E-state index in [1.807, 2.05) is 62.4 Å². The highest BCUT2D eigenvalue weighted by Gasteiger charge is 2.15. The molecule has 3 rings (SSSR count). The van der Waals surface area contributed by atoms with Crippen LogP contribution >= 0.6 is 11.6 Å². The van der Waals surface area contributed by atoms with Gasteiger partial charge < -0.3 is 10.1 Å². The Balaban J connectivity index is 1.73. The van der Waals surface area contributed by atoms with Crippen molar-refractivity contribution in [3.05, 3.63) is 95.0 Å². The Morgan fingerprint density at radius 3 is 2.29 bits per heavy atom. The number of benzene rings is 3. The summed E-state index contributed by atoms with van der Waals surface area (Å²) in [5.74, 6) is 0.363. The molecule has 0 aliphatic rings. The molecule has 0 fully saturated rings. The van der Waals surface area contributed by atoms with Crippen molar-refractivity contribution in [1.29, 1.82) is 0 Å². The van der Waals surface area contributed by atoms with E-state index < -0.39 is 0 Å². The normalized spacial score (nSPS) is 12.2. The molecule has 0 spiro atoms. The molecular weight excluding hydrogens is 406 g/mol. The lowest BCUT2D eigenvalue weighted by molar-refractivity contribution is -0.123. The van der Waals surface area contributed by atoms with E-state index in [0.717, 1.165) is 16.7 Å². The zero-order valence-electron chi connectivity index (χ0n) is 18.1. The van der Waals surface area contributed by atoms with Crippen molar-refractivity contribution in [2.45, 2.75) is 26.4 Å². The highest BCUT2D eigenvalue weighted by molar-refractivity contribution is 6.32. The molecule has 0 aromatic heterocycles. The van der Waals surface area contributed by atoms with Crippen LogP contribution in [0.4, 0.5) is 0 Å². The summed E-state index contributed by atoms with van der Waals surface area (Å²) in [6, 6.07) is 24.3. The molecule has 160 valence electrons. The molecule has 3 aromatic rings. The highest BCUT2D eigenvalue weighted by Crippen LogP contribution is 2.27. The maximum atomic E-state index is 12.5. The molecule has 1 N–H and O–H groups in total. The molecule has 4 heteroatoms. The largest absolute Gasteiger partial charge is 0.489 e.